The molecular formula is C27H28N4O3S2. The summed E-state index contributed by atoms with van der Waals surface area (Å²) in [7, 11) is -3.45. The lowest BCUT2D eigenvalue weighted by atomic mass is 10.1. The van der Waals surface area contributed by atoms with Gasteiger partial charge in [-0.05, 0) is 73.4 Å². The zero-order valence-electron chi connectivity index (χ0n) is 20.1. The summed E-state index contributed by atoms with van der Waals surface area (Å²) in [4.78, 5) is 10.3. The SMILES string of the molecule is CCOc1ccc(N=c2scc(-c3ccc(S(=O)(=O)N4CCCC4)cc3)n2Cc2cccnc2)cc1. The summed E-state index contributed by atoms with van der Waals surface area (Å²) in [5.41, 5.74) is 3.79. The van der Waals surface area contributed by atoms with E-state index in [-0.39, 0.29) is 0 Å². The van der Waals surface area contributed by atoms with Crippen molar-refractivity contribution in [3.63, 3.8) is 0 Å². The summed E-state index contributed by atoms with van der Waals surface area (Å²) in [6.07, 6.45) is 5.44. The fraction of sp³-hybridized carbons (Fsp3) is 0.259. The minimum Gasteiger partial charge on any atom is -0.494 e. The van der Waals surface area contributed by atoms with Crippen LogP contribution in [-0.2, 0) is 16.6 Å². The van der Waals surface area contributed by atoms with Crippen molar-refractivity contribution < 1.29 is 13.2 Å². The molecule has 0 amide bonds. The van der Waals surface area contributed by atoms with Crippen LogP contribution in [0.5, 0.6) is 5.75 Å². The molecule has 1 fully saturated rings. The van der Waals surface area contributed by atoms with Gasteiger partial charge in [-0.2, -0.15) is 4.31 Å². The van der Waals surface area contributed by atoms with Gasteiger partial charge < -0.3 is 9.30 Å². The lowest BCUT2D eigenvalue weighted by molar-refractivity contribution is 0.340. The van der Waals surface area contributed by atoms with E-state index in [1.54, 1.807) is 34.0 Å². The van der Waals surface area contributed by atoms with E-state index in [2.05, 4.69) is 14.9 Å². The van der Waals surface area contributed by atoms with Crippen LogP contribution < -0.4 is 9.54 Å². The van der Waals surface area contributed by atoms with E-state index in [9.17, 15) is 8.42 Å². The molecule has 2 aromatic heterocycles. The second-order valence-electron chi connectivity index (χ2n) is 8.53. The van der Waals surface area contributed by atoms with Crippen LogP contribution >= 0.6 is 11.3 Å². The second-order valence-corrected chi connectivity index (χ2v) is 11.3. The topological polar surface area (TPSA) is 76.8 Å². The van der Waals surface area contributed by atoms with Crippen molar-refractivity contribution in [2.24, 2.45) is 4.99 Å². The predicted molar refractivity (Wildman–Crippen MR) is 142 cm³/mol. The third-order valence-corrected chi connectivity index (χ3v) is 8.86. The van der Waals surface area contributed by atoms with Crippen molar-refractivity contribution in [2.75, 3.05) is 19.7 Å². The number of benzene rings is 2. The van der Waals surface area contributed by atoms with Crippen molar-refractivity contribution in [1.82, 2.24) is 13.9 Å². The molecule has 3 heterocycles. The zero-order valence-corrected chi connectivity index (χ0v) is 21.7. The smallest absolute Gasteiger partial charge is 0.243 e. The van der Waals surface area contributed by atoms with Crippen LogP contribution in [0.25, 0.3) is 11.3 Å². The van der Waals surface area contributed by atoms with Crippen LogP contribution in [0.2, 0.25) is 0 Å². The minimum absolute atomic E-state index is 0.335. The number of aromatic nitrogens is 2. The summed E-state index contributed by atoms with van der Waals surface area (Å²) in [6.45, 7) is 4.36. The van der Waals surface area contributed by atoms with Crippen molar-refractivity contribution in [3.05, 3.63) is 88.8 Å². The average Bonchev–Trinajstić information content (AvgIpc) is 3.58. The van der Waals surface area contributed by atoms with E-state index in [1.807, 2.05) is 61.7 Å². The number of thiazole rings is 1. The summed E-state index contributed by atoms with van der Waals surface area (Å²) < 4.78 is 35.2. The van der Waals surface area contributed by atoms with E-state index >= 15 is 0 Å². The number of hydrogen-bond acceptors (Lipinski definition) is 6. The van der Waals surface area contributed by atoms with Gasteiger partial charge in [0.1, 0.15) is 5.75 Å². The molecule has 0 aliphatic carbocycles. The van der Waals surface area contributed by atoms with Crippen LogP contribution in [0, 0.1) is 0 Å². The Morgan fingerprint density at radius 3 is 2.44 bits per heavy atom. The molecule has 0 radical (unpaired) electrons. The third kappa shape index (κ3) is 5.28. The summed E-state index contributed by atoms with van der Waals surface area (Å²) in [6, 6.07) is 18.8. The van der Waals surface area contributed by atoms with E-state index in [4.69, 9.17) is 9.73 Å². The van der Waals surface area contributed by atoms with E-state index in [0.717, 1.165) is 45.9 Å². The molecule has 2 aromatic carbocycles. The molecule has 36 heavy (non-hydrogen) atoms. The maximum absolute atomic E-state index is 13.0. The Balaban J connectivity index is 1.52. The van der Waals surface area contributed by atoms with Gasteiger partial charge in [0.25, 0.3) is 0 Å². The van der Waals surface area contributed by atoms with Crippen molar-refractivity contribution in [3.8, 4) is 17.0 Å². The largest absolute Gasteiger partial charge is 0.494 e. The van der Waals surface area contributed by atoms with Crippen LogP contribution in [0.1, 0.15) is 25.3 Å². The van der Waals surface area contributed by atoms with Gasteiger partial charge in [-0.15, -0.1) is 11.3 Å². The second kappa shape index (κ2) is 10.8. The third-order valence-electron chi connectivity index (χ3n) is 6.09. The molecule has 0 bridgehead atoms. The molecule has 0 spiro atoms. The molecule has 7 nitrogen and oxygen atoms in total. The van der Waals surface area contributed by atoms with Crippen molar-refractivity contribution in [1.29, 1.82) is 0 Å². The lowest BCUT2D eigenvalue weighted by Gasteiger charge is -2.16. The lowest BCUT2D eigenvalue weighted by Crippen LogP contribution is -2.27. The molecule has 186 valence electrons. The quantitative estimate of drug-likeness (QED) is 0.325. The molecule has 1 aliphatic heterocycles. The first kappa shape index (κ1) is 24.4. The normalized spacial score (nSPS) is 14.9. The van der Waals surface area contributed by atoms with Crippen LogP contribution in [0.3, 0.4) is 0 Å². The zero-order chi connectivity index (χ0) is 25.0. The Labute approximate surface area is 215 Å². The van der Waals surface area contributed by atoms with Gasteiger partial charge in [-0.1, -0.05) is 18.2 Å². The molecule has 5 rings (SSSR count). The van der Waals surface area contributed by atoms with Gasteiger partial charge in [0.05, 0.1) is 29.4 Å². The summed E-state index contributed by atoms with van der Waals surface area (Å²) in [5, 5.41) is 2.06. The molecular weight excluding hydrogens is 492 g/mol. The fourth-order valence-corrected chi connectivity index (χ4v) is 6.69. The molecule has 1 saturated heterocycles. The Morgan fingerprint density at radius 2 is 1.78 bits per heavy atom. The highest BCUT2D eigenvalue weighted by Crippen LogP contribution is 2.26. The Kier molecular flexibility index (Phi) is 7.31. The van der Waals surface area contributed by atoms with Crippen LogP contribution in [0.4, 0.5) is 5.69 Å². The van der Waals surface area contributed by atoms with Gasteiger partial charge >= 0.3 is 0 Å². The Morgan fingerprint density at radius 1 is 1.03 bits per heavy atom. The molecule has 9 heteroatoms. The van der Waals surface area contributed by atoms with Crippen LogP contribution in [-0.4, -0.2) is 42.0 Å². The Bertz CT molecular complexity index is 1470. The number of ether oxygens (including phenoxy) is 1. The van der Waals surface area contributed by atoms with E-state index in [0.29, 0.717) is 31.1 Å². The van der Waals surface area contributed by atoms with Crippen molar-refractivity contribution in [2.45, 2.75) is 31.2 Å². The molecule has 1 aliphatic rings. The minimum atomic E-state index is -3.45. The first-order valence-corrected chi connectivity index (χ1v) is 14.3. The monoisotopic (exact) mass is 520 g/mol. The van der Waals surface area contributed by atoms with E-state index in [1.165, 1.54) is 0 Å². The number of hydrogen-bond donors (Lipinski definition) is 0. The van der Waals surface area contributed by atoms with Gasteiger partial charge in [-0.3, -0.25) is 4.98 Å². The first-order chi connectivity index (χ1) is 17.5. The first-order valence-electron chi connectivity index (χ1n) is 12.0. The number of pyridine rings is 1. The molecule has 0 atom stereocenters. The maximum Gasteiger partial charge on any atom is 0.243 e. The van der Waals surface area contributed by atoms with Crippen molar-refractivity contribution >= 4 is 27.0 Å². The maximum atomic E-state index is 13.0. The molecule has 4 aromatic rings. The molecule has 0 unspecified atom stereocenters. The van der Waals surface area contributed by atoms with Gasteiger partial charge in [0, 0.05) is 30.9 Å². The standard InChI is InChI=1S/C27H28N4O3S2/c1-2-34-24-11-9-23(10-12-24)29-27-31(19-21-6-5-15-28-18-21)26(20-35-27)22-7-13-25(14-8-22)36(32,33)30-16-3-4-17-30/h5-15,18,20H,2-4,16-17,19H2,1H3. The highest BCUT2D eigenvalue weighted by Gasteiger charge is 2.27. The molecule has 0 saturated carbocycles. The average molecular weight is 521 g/mol. The highest BCUT2D eigenvalue weighted by atomic mass is 32.2. The predicted octanol–water partition coefficient (Wildman–Crippen LogP) is 5.08. The fourth-order valence-electron chi connectivity index (χ4n) is 4.25. The number of sulfonamides is 1. The number of nitrogens with zero attached hydrogens (tertiary/aromatic N) is 4. The molecule has 0 N–H and O–H groups in total. The van der Waals surface area contributed by atoms with Crippen LogP contribution in [0.15, 0.2) is 88.3 Å². The Hall–Kier alpha value is -3.27. The summed E-state index contributed by atoms with van der Waals surface area (Å²) >= 11 is 1.55. The van der Waals surface area contributed by atoms with E-state index < -0.39 is 10.0 Å². The summed E-state index contributed by atoms with van der Waals surface area (Å²) in [5.74, 6) is 0.815. The van der Waals surface area contributed by atoms with Gasteiger partial charge in [0.2, 0.25) is 10.0 Å². The highest BCUT2D eigenvalue weighted by molar-refractivity contribution is 7.89. The van der Waals surface area contributed by atoms with Gasteiger partial charge in [0.15, 0.2) is 4.80 Å². The number of rotatable bonds is 8. The van der Waals surface area contributed by atoms with Gasteiger partial charge in [-0.25, -0.2) is 13.4 Å².